The summed E-state index contributed by atoms with van der Waals surface area (Å²) in [6.45, 7) is 12.6. The standard InChI is InChI=1S/C30H37N5O2S/c1-30(2,3)21-7-5-20(6-8-21)28(37)32-29-24(19-31)23-9-10-25(36)26(27(23)38-29)35-13-11-22(12-14-35)34-17-15-33(4)16-18-34/h5-10,22,36H,11-18H2,1-4H3,(H,32,37). The van der Waals surface area contributed by atoms with Crippen molar-refractivity contribution in [2.24, 2.45) is 0 Å². The minimum atomic E-state index is -0.243. The molecule has 3 heterocycles. The quantitative estimate of drug-likeness (QED) is 0.479. The van der Waals surface area contributed by atoms with Gasteiger partial charge < -0.3 is 20.2 Å². The van der Waals surface area contributed by atoms with E-state index in [-0.39, 0.29) is 17.1 Å². The molecule has 0 radical (unpaired) electrons. The molecule has 2 saturated heterocycles. The summed E-state index contributed by atoms with van der Waals surface area (Å²) in [6, 6.07) is 13.9. The average molecular weight is 532 g/mol. The molecule has 0 saturated carbocycles. The minimum absolute atomic E-state index is 0.00578. The highest BCUT2D eigenvalue weighted by atomic mass is 32.1. The van der Waals surface area contributed by atoms with E-state index in [1.165, 1.54) is 11.3 Å². The number of piperazine rings is 1. The number of benzene rings is 2. The van der Waals surface area contributed by atoms with Crippen molar-refractivity contribution in [3.8, 4) is 11.8 Å². The first-order valence-electron chi connectivity index (χ1n) is 13.4. The SMILES string of the molecule is CN1CCN(C2CCN(c3c(O)ccc4c(C#N)c(NC(=O)c5ccc(C(C)(C)C)cc5)sc34)CC2)CC1. The Labute approximate surface area is 229 Å². The Balaban J connectivity index is 1.37. The molecule has 0 aliphatic carbocycles. The van der Waals surface area contributed by atoms with Gasteiger partial charge in [-0.1, -0.05) is 32.9 Å². The number of nitrogens with zero attached hydrogens (tertiary/aromatic N) is 4. The van der Waals surface area contributed by atoms with E-state index in [0.29, 0.717) is 22.2 Å². The lowest BCUT2D eigenvalue weighted by molar-refractivity contribution is 0.0982. The summed E-state index contributed by atoms with van der Waals surface area (Å²) in [5.41, 5.74) is 2.93. The van der Waals surface area contributed by atoms with Gasteiger partial charge in [0.05, 0.1) is 16.0 Å². The number of carbonyl (C=O) groups excluding carboxylic acids is 1. The third-order valence-electron chi connectivity index (χ3n) is 8.00. The Morgan fingerprint density at radius 3 is 2.29 bits per heavy atom. The Morgan fingerprint density at radius 2 is 1.68 bits per heavy atom. The topological polar surface area (TPSA) is 82.8 Å². The molecule has 0 spiro atoms. The van der Waals surface area contributed by atoms with Crippen molar-refractivity contribution in [3.63, 3.8) is 0 Å². The van der Waals surface area contributed by atoms with Gasteiger partial charge in [0.2, 0.25) is 0 Å². The first kappa shape index (κ1) is 26.5. The molecule has 7 nitrogen and oxygen atoms in total. The zero-order chi connectivity index (χ0) is 27.0. The number of thiophene rings is 1. The molecular formula is C30H37N5O2S. The first-order chi connectivity index (χ1) is 18.2. The van der Waals surface area contributed by atoms with Gasteiger partial charge in [0.25, 0.3) is 5.91 Å². The number of hydrogen-bond donors (Lipinski definition) is 2. The third-order valence-corrected chi connectivity index (χ3v) is 9.13. The number of rotatable bonds is 4. The van der Waals surface area contributed by atoms with Gasteiger partial charge in [-0.25, -0.2) is 0 Å². The highest BCUT2D eigenvalue weighted by Crippen LogP contribution is 2.46. The predicted molar refractivity (Wildman–Crippen MR) is 156 cm³/mol. The van der Waals surface area contributed by atoms with E-state index in [0.717, 1.165) is 73.4 Å². The fraction of sp³-hybridized carbons (Fsp3) is 0.467. The largest absolute Gasteiger partial charge is 0.506 e. The molecule has 0 bridgehead atoms. The van der Waals surface area contributed by atoms with Crippen molar-refractivity contribution < 1.29 is 9.90 Å². The molecule has 2 aliphatic rings. The number of nitrogens with one attached hydrogen (secondary N) is 1. The second-order valence-electron chi connectivity index (χ2n) is 11.6. The fourth-order valence-corrected chi connectivity index (χ4v) is 6.80. The van der Waals surface area contributed by atoms with Crippen molar-refractivity contribution in [3.05, 3.63) is 53.1 Å². The van der Waals surface area contributed by atoms with E-state index in [2.05, 4.69) is 53.9 Å². The van der Waals surface area contributed by atoms with Gasteiger partial charge in [0, 0.05) is 56.3 Å². The second kappa shape index (κ2) is 10.6. The Hall–Kier alpha value is -3.12. The number of anilines is 2. The van der Waals surface area contributed by atoms with Gasteiger partial charge in [0.1, 0.15) is 16.8 Å². The van der Waals surface area contributed by atoms with Crippen molar-refractivity contribution in [1.29, 1.82) is 5.26 Å². The van der Waals surface area contributed by atoms with Crippen LogP contribution in [-0.2, 0) is 5.41 Å². The van der Waals surface area contributed by atoms with Crippen LogP contribution in [0.1, 0.15) is 55.1 Å². The first-order valence-corrected chi connectivity index (χ1v) is 14.3. The number of carbonyl (C=O) groups is 1. The van der Waals surface area contributed by atoms with Crippen LogP contribution in [0.15, 0.2) is 36.4 Å². The van der Waals surface area contributed by atoms with Crippen LogP contribution in [-0.4, -0.2) is 73.2 Å². The van der Waals surface area contributed by atoms with Crippen LogP contribution < -0.4 is 10.2 Å². The van der Waals surface area contributed by atoms with Crippen LogP contribution in [0.3, 0.4) is 0 Å². The zero-order valence-corrected chi connectivity index (χ0v) is 23.6. The van der Waals surface area contributed by atoms with Crippen molar-refractivity contribution in [2.45, 2.75) is 45.1 Å². The van der Waals surface area contributed by atoms with Gasteiger partial charge in [-0.05, 0) is 55.1 Å². The highest BCUT2D eigenvalue weighted by Gasteiger charge is 2.29. The average Bonchev–Trinajstić information content (AvgIpc) is 3.25. The lowest BCUT2D eigenvalue weighted by Crippen LogP contribution is -2.52. The minimum Gasteiger partial charge on any atom is -0.506 e. The van der Waals surface area contributed by atoms with Gasteiger partial charge in [-0.3, -0.25) is 9.69 Å². The summed E-state index contributed by atoms with van der Waals surface area (Å²) in [7, 11) is 2.18. The third kappa shape index (κ3) is 5.24. The van der Waals surface area contributed by atoms with Gasteiger partial charge in [0.15, 0.2) is 0 Å². The van der Waals surface area contributed by atoms with Crippen LogP contribution >= 0.6 is 11.3 Å². The van der Waals surface area contributed by atoms with E-state index in [4.69, 9.17) is 0 Å². The van der Waals surface area contributed by atoms with E-state index in [1.54, 1.807) is 12.1 Å². The molecule has 0 atom stereocenters. The number of likely N-dealkylation sites (N-methyl/N-ethyl adjacent to an activating group) is 1. The predicted octanol–water partition coefficient (Wildman–Crippen LogP) is 5.24. The second-order valence-corrected chi connectivity index (χ2v) is 12.6. The zero-order valence-electron chi connectivity index (χ0n) is 22.8. The van der Waals surface area contributed by atoms with Crippen LogP contribution in [0.4, 0.5) is 10.7 Å². The molecule has 1 amide bonds. The molecule has 5 rings (SSSR count). The Morgan fingerprint density at radius 1 is 1.03 bits per heavy atom. The number of nitriles is 1. The lowest BCUT2D eigenvalue weighted by atomic mass is 9.87. The molecule has 200 valence electrons. The number of piperidine rings is 1. The molecule has 2 N–H and O–H groups in total. The summed E-state index contributed by atoms with van der Waals surface area (Å²) in [5, 5.41) is 25.2. The highest BCUT2D eigenvalue weighted by molar-refractivity contribution is 7.24. The summed E-state index contributed by atoms with van der Waals surface area (Å²) in [5.74, 6) is -0.0239. The van der Waals surface area contributed by atoms with Gasteiger partial charge >= 0.3 is 0 Å². The molecular weight excluding hydrogens is 494 g/mol. The smallest absolute Gasteiger partial charge is 0.256 e. The van der Waals surface area contributed by atoms with Crippen LogP contribution in [0, 0.1) is 11.3 Å². The van der Waals surface area contributed by atoms with E-state index >= 15 is 0 Å². The van der Waals surface area contributed by atoms with Crippen molar-refractivity contribution in [2.75, 3.05) is 56.5 Å². The number of phenols is 1. The normalized spacial score (nSPS) is 18.0. The van der Waals surface area contributed by atoms with E-state index < -0.39 is 0 Å². The molecule has 8 heteroatoms. The molecule has 0 unspecified atom stereocenters. The monoisotopic (exact) mass is 531 g/mol. The van der Waals surface area contributed by atoms with Gasteiger partial charge in [-0.2, -0.15) is 5.26 Å². The van der Waals surface area contributed by atoms with Crippen molar-refractivity contribution in [1.82, 2.24) is 9.80 Å². The molecule has 2 aromatic carbocycles. The molecule has 1 aromatic heterocycles. The van der Waals surface area contributed by atoms with Crippen LogP contribution in [0.25, 0.3) is 10.1 Å². The van der Waals surface area contributed by atoms with E-state index in [1.807, 2.05) is 24.3 Å². The molecule has 2 fully saturated rings. The maximum absolute atomic E-state index is 13.1. The number of amides is 1. The number of phenolic OH excluding ortho intramolecular Hbond substituents is 1. The number of aromatic hydroxyl groups is 1. The number of fused-ring (bicyclic) bond motifs is 1. The summed E-state index contributed by atoms with van der Waals surface area (Å²) >= 11 is 1.37. The fourth-order valence-electron chi connectivity index (χ4n) is 5.58. The molecule has 38 heavy (non-hydrogen) atoms. The van der Waals surface area contributed by atoms with E-state index in [9.17, 15) is 15.2 Å². The summed E-state index contributed by atoms with van der Waals surface area (Å²) in [6.07, 6.45) is 2.09. The van der Waals surface area contributed by atoms with Crippen LogP contribution in [0.2, 0.25) is 0 Å². The molecule has 3 aromatic rings. The Bertz CT molecular complexity index is 1350. The lowest BCUT2D eigenvalue weighted by Gasteiger charge is -2.42. The van der Waals surface area contributed by atoms with Gasteiger partial charge in [-0.15, -0.1) is 11.3 Å². The summed E-state index contributed by atoms with van der Waals surface area (Å²) < 4.78 is 0.845. The number of hydrogen-bond acceptors (Lipinski definition) is 7. The maximum Gasteiger partial charge on any atom is 0.256 e. The summed E-state index contributed by atoms with van der Waals surface area (Å²) in [4.78, 5) is 20.3. The Kier molecular flexibility index (Phi) is 7.36. The van der Waals surface area contributed by atoms with Crippen LogP contribution in [0.5, 0.6) is 5.75 Å². The molecule has 2 aliphatic heterocycles. The maximum atomic E-state index is 13.1. The van der Waals surface area contributed by atoms with Crippen molar-refractivity contribution >= 4 is 38.0 Å².